The van der Waals surface area contributed by atoms with E-state index in [0.29, 0.717) is 11.6 Å². The van der Waals surface area contributed by atoms with Crippen LogP contribution in [0.1, 0.15) is 23.2 Å². The predicted octanol–water partition coefficient (Wildman–Crippen LogP) is 1.56. The molecule has 5 heteroatoms. The van der Waals surface area contributed by atoms with Crippen LogP contribution >= 0.6 is 11.6 Å². The Labute approximate surface area is 106 Å². The summed E-state index contributed by atoms with van der Waals surface area (Å²) in [5.74, 6) is -0.0463. The summed E-state index contributed by atoms with van der Waals surface area (Å²) >= 11 is 5.93. The Balaban J connectivity index is 2.11. The van der Waals surface area contributed by atoms with E-state index in [1.165, 1.54) is 0 Å². The first-order valence-corrected chi connectivity index (χ1v) is 6.16. The third-order valence-corrected chi connectivity index (χ3v) is 3.47. The van der Waals surface area contributed by atoms with E-state index in [1.54, 1.807) is 23.2 Å². The second kappa shape index (κ2) is 5.47. The zero-order valence-corrected chi connectivity index (χ0v) is 10.6. The van der Waals surface area contributed by atoms with Crippen molar-refractivity contribution in [3.63, 3.8) is 0 Å². The molecule has 1 aliphatic rings. The maximum atomic E-state index is 12.2. The van der Waals surface area contributed by atoms with Gasteiger partial charge in [-0.25, -0.2) is 4.98 Å². The highest BCUT2D eigenvalue weighted by Gasteiger charge is 2.24. The van der Waals surface area contributed by atoms with Crippen LogP contribution in [0.3, 0.4) is 0 Å². The molecule has 2 heterocycles. The molecule has 0 atom stereocenters. The van der Waals surface area contributed by atoms with Crippen LogP contribution in [-0.2, 0) is 0 Å². The minimum Gasteiger partial charge on any atom is -0.339 e. The van der Waals surface area contributed by atoms with E-state index in [0.717, 1.165) is 25.9 Å². The van der Waals surface area contributed by atoms with Crippen LogP contribution in [0.2, 0.25) is 5.15 Å². The second-order valence-corrected chi connectivity index (χ2v) is 4.60. The number of carbonyl (C=O) groups excluding carboxylic acids is 1. The highest BCUT2D eigenvalue weighted by Crippen LogP contribution is 2.17. The van der Waals surface area contributed by atoms with Crippen LogP contribution in [0.25, 0.3) is 0 Å². The van der Waals surface area contributed by atoms with Gasteiger partial charge >= 0.3 is 0 Å². The lowest BCUT2D eigenvalue weighted by molar-refractivity contribution is 0.0703. The number of amides is 1. The predicted molar refractivity (Wildman–Crippen MR) is 67.2 cm³/mol. The standard InChI is InChI=1S/C12H16ClN3O/c1-16(9-4-7-14-8-5-9)12(17)10-3-2-6-15-11(10)13/h2-3,6,9,14H,4-5,7-8H2,1H3. The average Bonchev–Trinajstić information content (AvgIpc) is 2.39. The molecular formula is C12H16ClN3O. The summed E-state index contributed by atoms with van der Waals surface area (Å²) in [6.45, 7) is 1.92. The molecule has 0 spiro atoms. The number of rotatable bonds is 2. The summed E-state index contributed by atoms with van der Waals surface area (Å²) in [5, 5.41) is 3.56. The fourth-order valence-corrected chi connectivity index (χ4v) is 2.30. The molecule has 2 rings (SSSR count). The van der Waals surface area contributed by atoms with Crippen LogP contribution < -0.4 is 5.32 Å². The molecular weight excluding hydrogens is 238 g/mol. The van der Waals surface area contributed by atoms with Crippen molar-refractivity contribution in [1.82, 2.24) is 15.2 Å². The van der Waals surface area contributed by atoms with Gasteiger partial charge in [0, 0.05) is 19.3 Å². The van der Waals surface area contributed by atoms with E-state index >= 15 is 0 Å². The first-order chi connectivity index (χ1) is 8.20. The first kappa shape index (κ1) is 12.3. The van der Waals surface area contributed by atoms with Gasteiger partial charge in [0.1, 0.15) is 5.15 Å². The average molecular weight is 254 g/mol. The van der Waals surface area contributed by atoms with Crippen molar-refractivity contribution in [1.29, 1.82) is 0 Å². The quantitative estimate of drug-likeness (QED) is 0.814. The van der Waals surface area contributed by atoms with Gasteiger partial charge in [-0.3, -0.25) is 4.79 Å². The summed E-state index contributed by atoms with van der Waals surface area (Å²) in [4.78, 5) is 18.0. The Morgan fingerprint density at radius 2 is 2.24 bits per heavy atom. The Hall–Kier alpha value is -1.13. The van der Waals surface area contributed by atoms with E-state index < -0.39 is 0 Å². The van der Waals surface area contributed by atoms with Crippen molar-refractivity contribution in [2.45, 2.75) is 18.9 Å². The van der Waals surface area contributed by atoms with Gasteiger partial charge < -0.3 is 10.2 Å². The van der Waals surface area contributed by atoms with E-state index in [2.05, 4.69) is 10.3 Å². The summed E-state index contributed by atoms with van der Waals surface area (Å²) in [7, 11) is 1.83. The monoisotopic (exact) mass is 253 g/mol. The summed E-state index contributed by atoms with van der Waals surface area (Å²) < 4.78 is 0. The van der Waals surface area contributed by atoms with Crippen molar-refractivity contribution in [3.05, 3.63) is 29.0 Å². The molecule has 0 bridgehead atoms. The van der Waals surface area contributed by atoms with Gasteiger partial charge in [0.05, 0.1) is 5.56 Å². The van der Waals surface area contributed by atoms with Crippen LogP contribution in [0.5, 0.6) is 0 Å². The molecule has 1 N–H and O–H groups in total. The van der Waals surface area contributed by atoms with E-state index in [-0.39, 0.29) is 11.1 Å². The zero-order chi connectivity index (χ0) is 12.3. The molecule has 0 aromatic carbocycles. The van der Waals surface area contributed by atoms with Gasteiger partial charge in [0.2, 0.25) is 0 Å². The van der Waals surface area contributed by atoms with Gasteiger partial charge in [0.15, 0.2) is 0 Å². The molecule has 1 aromatic rings. The summed E-state index contributed by atoms with van der Waals surface area (Å²) in [6.07, 6.45) is 3.56. The fraction of sp³-hybridized carbons (Fsp3) is 0.500. The molecule has 0 radical (unpaired) electrons. The third-order valence-electron chi connectivity index (χ3n) is 3.17. The van der Waals surface area contributed by atoms with Crippen molar-refractivity contribution < 1.29 is 4.79 Å². The number of carbonyl (C=O) groups is 1. The molecule has 1 amide bonds. The van der Waals surface area contributed by atoms with Gasteiger partial charge in [-0.2, -0.15) is 0 Å². The fourth-order valence-electron chi connectivity index (χ4n) is 2.10. The lowest BCUT2D eigenvalue weighted by Gasteiger charge is -2.31. The van der Waals surface area contributed by atoms with Crippen LogP contribution in [0.4, 0.5) is 0 Å². The normalized spacial score (nSPS) is 16.8. The zero-order valence-electron chi connectivity index (χ0n) is 9.82. The van der Waals surface area contributed by atoms with Crippen LogP contribution in [-0.4, -0.2) is 42.0 Å². The minimum atomic E-state index is -0.0463. The number of nitrogens with one attached hydrogen (secondary N) is 1. The maximum absolute atomic E-state index is 12.2. The molecule has 17 heavy (non-hydrogen) atoms. The first-order valence-electron chi connectivity index (χ1n) is 5.78. The number of piperidine rings is 1. The molecule has 1 aromatic heterocycles. The van der Waals surface area contributed by atoms with Gasteiger partial charge in [-0.1, -0.05) is 11.6 Å². The van der Waals surface area contributed by atoms with Crippen molar-refractivity contribution >= 4 is 17.5 Å². The van der Waals surface area contributed by atoms with Gasteiger partial charge in [-0.15, -0.1) is 0 Å². The maximum Gasteiger partial charge on any atom is 0.256 e. The Bertz CT molecular complexity index is 404. The molecule has 0 unspecified atom stereocenters. The van der Waals surface area contributed by atoms with Gasteiger partial charge in [-0.05, 0) is 38.1 Å². The van der Waals surface area contributed by atoms with Crippen LogP contribution in [0.15, 0.2) is 18.3 Å². The van der Waals surface area contributed by atoms with Crippen LogP contribution in [0, 0.1) is 0 Å². The van der Waals surface area contributed by atoms with E-state index in [9.17, 15) is 4.79 Å². The number of pyridine rings is 1. The van der Waals surface area contributed by atoms with Crippen molar-refractivity contribution in [3.8, 4) is 0 Å². The van der Waals surface area contributed by atoms with Gasteiger partial charge in [0.25, 0.3) is 5.91 Å². The lowest BCUT2D eigenvalue weighted by atomic mass is 10.0. The molecule has 1 aliphatic heterocycles. The SMILES string of the molecule is CN(C(=O)c1cccnc1Cl)C1CCNCC1. The molecule has 1 fully saturated rings. The highest BCUT2D eigenvalue weighted by atomic mass is 35.5. The number of hydrogen-bond donors (Lipinski definition) is 1. The smallest absolute Gasteiger partial charge is 0.256 e. The number of nitrogens with zero attached hydrogens (tertiary/aromatic N) is 2. The molecule has 92 valence electrons. The number of aromatic nitrogens is 1. The number of halogens is 1. The minimum absolute atomic E-state index is 0.0463. The largest absolute Gasteiger partial charge is 0.339 e. The summed E-state index contributed by atoms with van der Waals surface area (Å²) in [6, 6.07) is 3.74. The molecule has 4 nitrogen and oxygen atoms in total. The molecule has 0 saturated carbocycles. The van der Waals surface area contributed by atoms with Crippen molar-refractivity contribution in [2.24, 2.45) is 0 Å². The third kappa shape index (κ3) is 2.76. The number of hydrogen-bond acceptors (Lipinski definition) is 3. The molecule has 0 aliphatic carbocycles. The van der Waals surface area contributed by atoms with E-state index in [4.69, 9.17) is 11.6 Å². The van der Waals surface area contributed by atoms with E-state index in [1.807, 2.05) is 7.05 Å². The summed E-state index contributed by atoms with van der Waals surface area (Å²) in [5.41, 5.74) is 0.482. The second-order valence-electron chi connectivity index (χ2n) is 4.24. The molecule has 1 saturated heterocycles. The topological polar surface area (TPSA) is 45.2 Å². The lowest BCUT2D eigenvalue weighted by Crippen LogP contribution is -2.44. The Morgan fingerprint density at radius 1 is 1.53 bits per heavy atom. The Kier molecular flexibility index (Phi) is 3.97. The Morgan fingerprint density at radius 3 is 2.88 bits per heavy atom. The van der Waals surface area contributed by atoms with Crippen molar-refractivity contribution in [2.75, 3.05) is 20.1 Å². The highest BCUT2D eigenvalue weighted by molar-refractivity contribution is 6.32.